The molecule has 19 heavy (non-hydrogen) atoms. The minimum Gasteiger partial charge on any atom is -0.467 e. The Labute approximate surface area is 112 Å². The zero-order chi connectivity index (χ0) is 13.3. The summed E-state index contributed by atoms with van der Waals surface area (Å²) in [7, 11) is 0. The maximum atomic E-state index is 9.70. The van der Waals surface area contributed by atoms with Gasteiger partial charge >= 0.3 is 0 Å². The van der Waals surface area contributed by atoms with Crippen molar-refractivity contribution in [2.45, 2.75) is 19.3 Å². The number of hydrogen-bond acceptors (Lipinski definition) is 5. The maximum absolute atomic E-state index is 9.70. The van der Waals surface area contributed by atoms with Gasteiger partial charge in [0.15, 0.2) is 0 Å². The first-order valence-electron chi connectivity index (χ1n) is 6.29. The molecule has 1 atom stereocenters. The van der Waals surface area contributed by atoms with E-state index >= 15 is 0 Å². The summed E-state index contributed by atoms with van der Waals surface area (Å²) in [6.07, 6.45) is 6.51. The van der Waals surface area contributed by atoms with E-state index in [9.17, 15) is 5.11 Å². The van der Waals surface area contributed by atoms with E-state index < -0.39 is 6.10 Å². The Morgan fingerprint density at radius 3 is 3.21 bits per heavy atom. The van der Waals surface area contributed by atoms with E-state index in [1.165, 1.54) is 0 Å². The number of hydrogen-bond donors (Lipinski definition) is 2. The Morgan fingerprint density at radius 1 is 1.53 bits per heavy atom. The largest absolute Gasteiger partial charge is 0.467 e. The van der Waals surface area contributed by atoms with Crippen LogP contribution in [0.5, 0.6) is 0 Å². The second kappa shape index (κ2) is 7.73. The molecule has 0 aromatic carbocycles. The van der Waals surface area contributed by atoms with Gasteiger partial charge in [0.1, 0.15) is 12.4 Å². The van der Waals surface area contributed by atoms with Crippen LogP contribution in [-0.2, 0) is 17.9 Å². The topological polar surface area (TPSA) is 72.5 Å². The molecule has 0 radical (unpaired) electrons. The Bertz CT molecular complexity index is 428. The molecule has 2 aromatic heterocycles. The van der Waals surface area contributed by atoms with Crippen LogP contribution in [0.3, 0.4) is 0 Å². The quantitative estimate of drug-likeness (QED) is 0.651. The molecule has 0 fully saturated rings. The van der Waals surface area contributed by atoms with Crippen LogP contribution in [0, 0.1) is 0 Å². The molecule has 1 unspecified atom stereocenters. The van der Waals surface area contributed by atoms with Gasteiger partial charge in [-0.2, -0.15) is 0 Å². The number of nitrogens with zero attached hydrogens (tertiary/aromatic N) is 2. The van der Waals surface area contributed by atoms with Crippen LogP contribution in [0.25, 0.3) is 0 Å². The normalized spacial score (nSPS) is 12.7. The Morgan fingerprint density at radius 2 is 2.47 bits per heavy atom. The molecule has 6 heteroatoms. The zero-order valence-electron chi connectivity index (χ0n) is 10.7. The van der Waals surface area contributed by atoms with Gasteiger partial charge in [0, 0.05) is 32.0 Å². The van der Waals surface area contributed by atoms with Crippen molar-refractivity contribution in [1.29, 1.82) is 0 Å². The third-order valence-electron chi connectivity index (χ3n) is 2.62. The van der Waals surface area contributed by atoms with Crippen LogP contribution >= 0.6 is 0 Å². The highest BCUT2D eigenvalue weighted by Crippen LogP contribution is 2.01. The molecule has 0 aliphatic heterocycles. The van der Waals surface area contributed by atoms with E-state index in [1.54, 1.807) is 18.8 Å². The van der Waals surface area contributed by atoms with Crippen LogP contribution in [0.15, 0.2) is 41.5 Å². The van der Waals surface area contributed by atoms with Crippen molar-refractivity contribution in [1.82, 2.24) is 14.9 Å². The standard InChI is InChI=1S/C13H19N3O3/c17-12(9-18-10-13-2-1-7-19-13)8-14-3-5-16-6-4-15-11-16/h1-2,4,6-7,11-12,14,17H,3,5,8-10H2. The van der Waals surface area contributed by atoms with Crippen molar-refractivity contribution in [3.05, 3.63) is 42.9 Å². The Hall–Kier alpha value is -1.63. The van der Waals surface area contributed by atoms with Gasteiger partial charge in [-0.3, -0.25) is 0 Å². The highest BCUT2D eigenvalue weighted by Gasteiger charge is 2.04. The van der Waals surface area contributed by atoms with E-state index in [0.29, 0.717) is 19.8 Å². The summed E-state index contributed by atoms with van der Waals surface area (Å²) in [4.78, 5) is 3.96. The number of rotatable bonds is 9. The monoisotopic (exact) mass is 265 g/mol. The Balaban J connectivity index is 1.48. The van der Waals surface area contributed by atoms with Gasteiger partial charge in [-0.25, -0.2) is 4.98 Å². The van der Waals surface area contributed by atoms with E-state index in [2.05, 4.69) is 10.3 Å². The summed E-state index contributed by atoms with van der Waals surface area (Å²) < 4.78 is 12.4. The van der Waals surface area contributed by atoms with Crippen molar-refractivity contribution in [3.8, 4) is 0 Å². The highest BCUT2D eigenvalue weighted by molar-refractivity contribution is 4.96. The highest BCUT2D eigenvalue weighted by atomic mass is 16.5. The van der Waals surface area contributed by atoms with Gasteiger partial charge in [-0.1, -0.05) is 0 Å². The fourth-order valence-corrected chi connectivity index (χ4v) is 1.65. The molecule has 0 aliphatic carbocycles. The number of aromatic nitrogens is 2. The lowest BCUT2D eigenvalue weighted by molar-refractivity contribution is 0.0227. The summed E-state index contributed by atoms with van der Waals surface area (Å²) in [6, 6.07) is 3.66. The number of nitrogens with one attached hydrogen (secondary N) is 1. The second-order valence-electron chi connectivity index (χ2n) is 4.25. The van der Waals surface area contributed by atoms with Crippen molar-refractivity contribution >= 4 is 0 Å². The van der Waals surface area contributed by atoms with Crippen LogP contribution in [-0.4, -0.2) is 40.5 Å². The average molecular weight is 265 g/mol. The van der Waals surface area contributed by atoms with Crippen molar-refractivity contribution < 1.29 is 14.3 Å². The molecule has 0 amide bonds. The molecule has 0 aliphatic rings. The fourth-order valence-electron chi connectivity index (χ4n) is 1.65. The minimum atomic E-state index is -0.516. The summed E-state index contributed by atoms with van der Waals surface area (Å²) in [5, 5.41) is 12.9. The van der Waals surface area contributed by atoms with Crippen molar-refractivity contribution in [2.24, 2.45) is 0 Å². The van der Waals surface area contributed by atoms with E-state index in [0.717, 1.165) is 18.8 Å². The summed E-state index contributed by atoms with van der Waals surface area (Å²) >= 11 is 0. The average Bonchev–Trinajstić information content (AvgIpc) is 3.07. The first-order chi connectivity index (χ1) is 9.34. The number of ether oxygens (including phenoxy) is 1. The van der Waals surface area contributed by atoms with Crippen LogP contribution in [0.2, 0.25) is 0 Å². The second-order valence-corrected chi connectivity index (χ2v) is 4.25. The van der Waals surface area contributed by atoms with E-state index in [4.69, 9.17) is 9.15 Å². The van der Waals surface area contributed by atoms with Crippen LogP contribution in [0.4, 0.5) is 0 Å². The van der Waals surface area contributed by atoms with E-state index in [1.807, 2.05) is 22.9 Å². The summed E-state index contributed by atoms with van der Waals surface area (Å²) in [6.45, 7) is 2.80. The first kappa shape index (κ1) is 13.8. The molecule has 2 heterocycles. The smallest absolute Gasteiger partial charge is 0.129 e. The molecule has 0 saturated heterocycles. The van der Waals surface area contributed by atoms with Gasteiger partial charge in [0.25, 0.3) is 0 Å². The molecule has 104 valence electrons. The van der Waals surface area contributed by atoms with Gasteiger partial charge in [0.05, 0.1) is 25.3 Å². The molecule has 0 spiro atoms. The minimum absolute atomic E-state index is 0.290. The van der Waals surface area contributed by atoms with Gasteiger partial charge < -0.3 is 24.1 Å². The molecule has 6 nitrogen and oxygen atoms in total. The molecular weight excluding hydrogens is 246 g/mol. The Kier molecular flexibility index (Phi) is 5.61. The van der Waals surface area contributed by atoms with E-state index in [-0.39, 0.29) is 0 Å². The lowest BCUT2D eigenvalue weighted by Gasteiger charge is -2.12. The summed E-state index contributed by atoms with van der Waals surface area (Å²) in [5.74, 6) is 0.764. The maximum Gasteiger partial charge on any atom is 0.129 e. The van der Waals surface area contributed by atoms with Gasteiger partial charge in [-0.15, -0.1) is 0 Å². The molecule has 2 aromatic rings. The van der Waals surface area contributed by atoms with Crippen LogP contribution in [0.1, 0.15) is 5.76 Å². The number of imidazole rings is 1. The molecule has 2 N–H and O–H groups in total. The van der Waals surface area contributed by atoms with Crippen molar-refractivity contribution in [3.63, 3.8) is 0 Å². The molecule has 0 saturated carbocycles. The molecule has 0 bridgehead atoms. The van der Waals surface area contributed by atoms with Gasteiger partial charge in [-0.05, 0) is 12.1 Å². The van der Waals surface area contributed by atoms with Gasteiger partial charge in [0.2, 0.25) is 0 Å². The predicted molar refractivity (Wildman–Crippen MR) is 69.5 cm³/mol. The molecule has 2 rings (SSSR count). The first-order valence-corrected chi connectivity index (χ1v) is 6.29. The van der Waals surface area contributed by atoms with Crippen LogP contribution < -0.4 is 5.32 Å². The third kappa shape index (κ3) is 5.25. The predicted octanol–water partition coefficient (Wildman–Crippen LogP) is 0.643. The lowest BCUT2D eigenvalue weighted by Crippen LogP contribution is -2.32. The lowest BCUT2D eigenvalue weighted by atomic mass is 10.3. The van der Waals surface area contributed by atoms with Crippen molar-refractivity contribution in [2.75, 3.05) is 19.7 Å². The summed E-state index contributed by atoms with van der Waals surface area (Å²) in [5.41, 5.74) is 0. The number of furan rings is 1. The fraction of sp³-hybridized carbons (Fsp3) is 0.462. The zero-order valence-corrected chi connectivity index (χ0v) is 10.7. The molecular formula is C13H19N3O3. The SMILES string of the molecule is OC(CNCCn1ccnc1)COCc1ccco1. The number of aliphatic hydroxyl groups excluding tert-OH is 1. The third-order valence-corrected chi connectivity index (χ3v) is 2.62. The number of aliphatic hydroxyl groups is 1.